The van der Waals surface area contributed by atoms with Crippen LogP contribution in [0.1, 0.15) is 33.1 Å². The first-order chi connectivity index (χ1) is 5.59. The van der Waals surface area contributed by atoms with E-state index in [0.29, 0.717) is 0 Å². The minimum Gasteiger partial charge on any atom is -0.374 e. The molecule has 1 aliphatic carbocycles. The molecule has 1 rings (SSSR count). The first kappa shape index (κ1) is 10.1. The summed E-state index contributed by atoms with van der Waals surface area (Å²) in [6.45, 7) is 8.04. The molecule has 2 atom stereocenters. The maximum atomic E-state index is 6.14. The van der Waals surface area contributed by atoms with Gasteiger partial charge in [-0.1, -0.05) is 12.2 Å². The largest absolute Gasteiger partial charge is 0.374 e. The molecule has 1 fully saturated rings. The topological polar surface area (TPSA) is 9.23 Å². The zero-order chi connectivity index (χ0) is 9.14. The second kappa shape index (κ2) is 4.29. The molecule has 1 saturated carbocycles. The molecule has 2 heteroatoms. The molecule has 0 aromatic rings. The normalized spacial score (nSPS) is 31.2. The maximum absolute atomic E-state index is 6.14. The lowest BCUT2D eigenvalue weighted by atomic mass is 9.93. The lowest BCUT2D eigenvalue weighted by Gasteiger charge is -2.29. The SMILES string of the molecule is C=C1CCC(OC(C)C)C(Cl)C1. The van der Waals surface area contributed by atoms with E-state index in [1.165, 1.54) is 5.57 Å². The zero-order valence-corrected chi connectivity index (χ0v) is 8.60. The van der Waals surface area contributed by atoms with Crippen LogP contribution in [0.25, 0.3) is 0 Å². The molecule has 70 valence electrons. The molecule has 2 unspecified atom stereocenters. The van der Waals surface area contributed by atoms with Crippen LogP contribution in [0.15, 0.2) is 12.2 Å². The highest BCUT2D eigenvalue weighted by molar-refractivity contribution is 6.21. The van der Waals surface area contributed by atoms with Gasteiger partial charge in [-0.2, -0.15) is 0 Å². The van der Waals surface area contributed by atoms with Crippen molar-refractivity contribution in [3.8, 4) is 0 Å². The summed E-state index contributed by atoms with van der Waals surface area (Å²) in [5, 5.41) is 0.133. The van der Waals surface area contributed by atoms with Crippen LogP contribution in [0.2, 0.25) is 0 Å². The van der Waals surface area contributed by atoms with Crippen molar-refractivity contribution in [3.63, 3.8) is 0 Å². The molecule has 1 nitrogen and oxygen atoms in total. The van der Waals surface area contributed by atoms with Crippen molar-refractivity contribution in [2.24, 2.45) is 0 Å². The Morgan fingerprint density at radius 3 is 2.75 bits per heavy atom. The Morgan fingerprint density at radius 1 is 1.58 bits per heavy atom. The highest BCUT2D eigenvalue weighted by Gasteiger charge is 2.26. The van der Waals surface area contributed by atoms with Crippen molar-refractivity contribution in [1.82, 2.24) is 0 Å². The van der Waals surface area contributed by atoms with Crippen molar-refractivity contribution >= 4 is 11.6 Å². The molecule has 0 aromatic heterocycles. The number of alkyl halides is 1. The second-order valence-corrected chi connectivity index (χ2v) is 4.29. The van der Waals surface area contributed by atoms with E-state index in [2.05, 4.69) is 6.58 Å². The third-order valence-electron chi connectivity index (χ3n) is 2.12. The predicted molar refractivity (Wildman–Crippen MR) is 52.6 cm³/mol. The van der Waals surface area contributed by atoms with E-state index in [9.17, 15) is 0 Å². The Hall–Kier alpha value is -0.0100. The maximum Gasteiger partial charge on any atom is 0.0748 e. The molecule has 0 heterocycles. The van der Waals surface area contributed by atoms with Crippen LogP contribution < -0.4 is 0 Å². The summed E-state index contributed by atoms with van der Waals surface area (Å²) in [6, 6.07) is 0. The molecule has 0 radical (unpaired) electrons. The van der Waals surface area contributed by atoms with Gasteiger partial charge in [0, 0.05) is 0 Å². The van der Waals surface area contributed by atoms with Crippen LogP contribution in [0.3, 0.4) is 0 Å². The molecule has 0 saturated heterocycles. The summed E-state index contributed by atoms with van der Waals surface area (Å²) in [6.07, 6.45) is 3.53. The smallest absolute Gasteiger partial charge is 0.0748 e. The van der Waals surface area contributed by atoms with Gasteiger partial charge in [-0.25, -0.2) is 0 Å². The van der Waals surface area contributed by atoms with Gasteiger partial charge in [0.05, 0.1) is 17.6 Å². The molecule has 0 N–H and O–H groups in total. The van der Waals surface area contributed by atoms with E-state index in [0.717, 1.165) is 19.3 Å². The molecular weight excluding hydrogens is 172 g/mol. The van der Waals surface area contributed by atoms with Crippen LogP contribution >= 0.6 is 11.6 Å². The van der Waals surface area contributed by atoms with E-state index >= 15 is 0 Å². The monoisotopic (exact) mass is 188 g/mol. The highest BCUT2D eigenvalue weighted by atomic mass is 35.5. The first-order valence-corrected chi connectivity index (χ1v) is 4.99. The minimum atomic E-state index is 0.133. The summed E-state index contributed by atoms with van der Waals surface area (Å²) in [4.78, 5) is 0. The van der Waals surface area contributed by atoms with Crippen molar-refractivity contribution in [2.75, 3.05) is 0 Å². The van der Waals surface area contributed by atoms with Crippen molar-refractivity contribution < 1.29 is 4.74 Å². The van der Waals surface area contributed by atoms with E-state index in [4.69, 9.17) is 16.3 Å². The van der Waals surface area contributed by atoms with Crippen LogP contribution in [-0.4, -0.2) is 17.6 Å². The summed E-state index contributed by atoms with van der Waals surface area (Å²) in [5.41, 5.74) is 1.26. The van der Waals surface area contributed by atoms with Crippen LogP contribution in [0, 0.1) is 0 Å². The Labute approximate surface area is 79.7 Å². The fourth-order valence-corrected chi connectivity index (χ4v) is 1.94. The standard InChI is InChI=1S/C10H17ClO/c1-7(2)12-10-5-4-8(3)6-9(10)11/h7,9-10H,3-6H2,1-2H3. The average Bonchev–Trinajstić information content (AvgIpc) is 1.94. The zero-order valence-electron chi connectivity index (χ0n) is 7.85. The number of rotatable bonds is 2. The molecular formula is C10H17ClO. The van der Waals surface area contributed by atoms with Gasteiger partial charge >= 0.3 is 0 Å². The summed E-state index contributed by atoms with van der Waals surface area (Å²) >= 11 is 6.14. The number of halogens is 1. The second-order valence-electron chi connectivity index (χ2n) is 3.73. The third-order valence-corrected chi connectivity index (χ3v) is 2.55. The predicted octanol–water partition coefficient (Wildman–Crippen LogP) is 3.13. The Kier molecular flexibility index (Phi) is 3.60. The van der Waals surface area contributed by atoms with Gasteiger partial charge in [0.1, 0.15) is 0 Å². The summed E-state index contributed by atoms with van der Waals surface area (Å²) < 4.78 is 5.68. The van der Waals surface area contributed by atoms with Crippen LogP contribution in [0.4, 0.5) is 0 Å². The fraction of sp³-hybridized carbons (Fsp3) is 0.800. The van der Waals surface area contributed by atoms with Gasteiger partial charge in [0.25, 0.3) is 0 Å². The number of ether oxygens (including phenoxy) is 1. The van der Waals surface area contributed by atoms with E-state index in [1.807, 2.05) is 13.8 Å². The number of hydrogen-bond donors (Lipinski definition) is 0. The fourth-order valence-electron chi connectivity index (χ4n) is 1.54. The van der Waals surface area contributed by atoms with Gasteiger partial charge in [0.2, 0.25) is 0 Å². The van der Waals surface area contributed by atoms with Gasteiger partial charge in [0.15, 0.2) is 0 Å². The van der Waals surface area contributed by atoms with Gasteiger partial charge in [-0.3, -0.25) is 0 Å². The van der Waals surface area contributed by atoms with Crippen molar-refractivity contribution in [2.45, 2.75) is 50.7 Å². The average molecular weight is 189 g/mol. The Bertz CT molecular complexity index is 165. The molecule has 0 amide bonds. The Balaban J connectivity index is 2.39. The first-order valence-electron chi connectivity index (χ1n) is 4.55. The lowest BCUT2D eigenvalue weighted by molar-refractivity contribution is -0.00371. The molecule has 0 aliphatic heterocycles. The van der Waals surface area contributed by atoms with Gasteiger partial charge in [-0.05, 0) is 33.1 Å². The van der Waals surface area contributed by atoms with Gasteiger partial charge < -0.3 is 4.74 Å². The summed E-state index contributed by atoms with van der Waals surface area (Å²) in [5.74, 6) is 0. The number of hydrogen-bond acceptors (Lipinski definition) is 1. The van der Waals surface area contributed by atoms with E-state index in [1.54, 1.807) is 0 Å². The third kappa shape index (κ3) is 2.80. The van der Waals surface area contributed by atoms with Crippen LogP contribution in [-0.2, 0) is 4.74 Å². The quantitative estimate of drug-likeness (QED) is 0.478. The molecule has 1 aliphatic rings. The highest BCUT2D eigenvalue weighted by Crippen LogP contribution is 2.29. The van der Waals surface area contributed by atoms with E-state index in [-0.39, 0.29) is 17.6 Å². The molecule has 0 aromatic carbocycles. The van der Waals surface area contributed by atoms with Crippen LogP contribution in [0.5, 0.6) is 0 Å². The van der Waals surface area contributed by atoms with Gasteiger partial charge in [-0.15, -0.1) is 11.6 Å². The lowest BCUT2D eigenvalue weighted by Crippen LogP contribution is -2.31. The summed E-state index contributed by atoms with van der Waals surface area (Å²) in [7, 11) is 0. The van der Waals surface area contributed by atoms with E-state index < -0.39 is 0 Å². The minimum absolute atomic E-state index is 0.133. The van der Waals surface area contributed by atoms with Crippen molar-refractivity contribution in [1.29, 1.82) is 0 Å². The molecule has 12 heavy (non-hydrogen) atoms. The molecule has 0 spiro atoms. The Morgan fingerprint density at radius 2 is 2.25 bits per heavy atom. The molecule has 0 bridgehead atoms. The van der Waals surface area contributed by atoms with Crippen molar-refractivity contribution in [3.05, 3.63) is 12.2 Å². The number of allylic oxidation sites excluding steroid dienone is 1.